The molecule has 0 spiro atoms. The van der Waals surface area contributed by atoms with Gasteiger partial charge < -0.3 is 45.7 Å². The number of aliphatic hydroxyl groups excluding tert-OH is 2. The molecule has 10 atom stereocenters. The van der Waals surface area contributed by atoms with E-state index in [-0.39, 0.29) is 34.1 Å². The summed E-state index contributed by atoms with van der Waals surface area (Å²) in [5, 5.41) is 32.0. The Morgan fingerprint density at radius 3 is 2.53 bits per heavy atom. The third-order valence-electron chi connectivity index (χ3n) is 7.71. The molecule has 4 aromatic rings. The van der Waals surface area contributed by atoms with Gasteiger partial charge in [-0.1, -0.05) is 0 Å². The average molecular weight is 626 g/mol. The third kappa shape index (κ3) is 4.57. The molecule has 0 bridgehead atoms. The molecule has 43 heavy (non-hydrogen) atoms. The molecule has 19 nitrogen and oxygen atoms in total. The fourth-order valence-corrected chi connectivity index (χ4v) is 7.41. The van der Waals surface area contributed by atoms with Gasteiger partial charge in [0.2, 0.25) is 5.95 Å². The summed E-state index contributed by atoms with van der Waals surface area (Å²) in [5.74, 6) is -0.226. The van der Waals surface area contributed by atoms with Gasteiger partial charge in [-0.3, -0.25) is 23.5 Å². The van der Waals surface area contributed by atoms with E-state index < -0.39 is 74.1 Å². The van der Waals surface area contributed by atoms with Crippen molar-refractivity contribution in [2.75, 3.05) is 18.1 Å². The van der Waals surface area contributed by atoms with Crippen LogP contribution in [0.5, 0.6) is 0 Å². The van der Waals surface area contributed by atoms with E-state index in [2.05, 4.69) is 29.9 Å². The molecule has 1 unspecified atom stereocenters. The number of rotatable bonds is 7. The fraction of sp³-hybridized carbons (Fsp3) is 0.545. The molecule has 6 rings (SSSR count). The average Bonchev–Trinajstić information content (AvgIpc) is 3.68. The van der Waals surface area contributed by atoms with Crippen LogP contribution in [0.4, 0.5) is 16.2 Å². The maximum Gasteiger partial charge on any atom is 0.339 e. The summed E-state index contributed by atoms with van der Waals surface area (Å²) in [5.41, 5.74) is 6.79. The number of halogens is 1. The first-order valence-corrected chi connectivity index (χ1v) is 14.5. The minimum absolute atomic E-state index is 0.0703. The lowest BCUT2D eigenvalue weighted by Gasteiger charge is -2.33. The van der Waals surface area contributed by atoms with Crippen LogP contribution < -0.4 is 17.0 Å². The number of ether oxygens (including phenoxy) is 2. The second kappa shape index (κ2) is 10.2. The van der Waals surface area contributed by atoms with Crippen molar-refractivity contribution in [1.29, 1.82) is 0 Å². The maximum absolute atomic E-state index is 15.6. The Balaban J connectivity index is 1.30. The van der Waals surface area contributed by atoms with E-state index >= 15 is 4.39 Å². The molecule has 0 radical (unpaired) electrons. The van der Waals surface area contributed by atoms with Gasteiger partial charge in [0.05, 0.1) is 25.4 Å². The Morgan fingerprint density at radius 1 is 1.16 bits per heavy atom. The van der Waals surface area contributed by atoms with Gasteiger partial charge in [0.15, 0.2) is 35.1 Å². The van der Waals surface area contributed by atoms with Crippen LogP contribution in [0.2, 0.25) is 0 Å². The number of nitrogen functional groups attached to an aromatic ring is 2. The van der Waals surface area contributed by atoms with E-state index in [0.29, 0.717) is 0 Å². The van der Waals surface area contributed by atoms with Gasteiger partial charge in [0.1, 0.15) is 47.6 Å². The van der Waals surface area contributed by atoms with Crippen LogP contribution in [0.1, 0.15) is 26.3 Å². The zero-order valence-corrected chi connectivity index (χ0v) is 23.4. The van der Waals surface area contributed by atoms with Crippen molar-refractivity contribution < 1.29 is 43.2 Å². The Labute approximate surface area is 239 Å². The topological polar surface area (TPSA) is 285 Å². The van der Waals surface area contributed by atoms with Gasteiger partial charge in [0, 0.05) is 0 Å². The summed E-state index contributed by atoms with van der Waals surface area (Å²) in [6.45, 7) is 1.67. The van der Waals surface area contributed by atoms with E-state index in [9.17, 15) is 29.6 Å². The Morgan fingerprint density at radius 2 is 1.84 bits per heavy atom. The summed E-state index contributed by atoms with van der Waals surface area (Å²) in [7, 11) is -5.09. The molecule has 0 aromatic carbocycles. The highest BCUT2D eigenvalue weighted by molar-refractivity contribution is 7.53. The monoisotopic (exact) mass is 626 g/mol. The number of anilines is 2. The van der Waals surface area contributed by atoms with Gasteiger partial charge in [0.25, 0.3) is 5.56 Å². The highest BCUT2D eigenvalue weighted by atomic mass is 31.2. The minimum Gasteiger partial charge on any atom is -0.394 e. The summed E-state index contributed by atoms with van der Waals surface area (Å²) >= 11 is 0. The first-order valence-electron chi connectivity index (χ1n) is 12.9. The number of nitrogens with zero attached hydrogens (tertiary/aromatic N) is 7. The van der Waals surface area contributed by atoms with Crippen molar-refractivity contribution in [3.8, 4) is 0 Å². The van der Waals surface area contributed by atoms with Gasteiger partial charge >= 0.3 is 7.60 Å². The lowest BCUT2D eigenvalue weighted by atomic mass is 9.92. The molecule has 2 saturated heterocycles. The quantitative estimate of drug-likeness (QED) is 0.113. The molecule has 0 amide bonds. The number of imidazole rings is 2. The number of nitrogens with one attached hydrogen (secondary N) is 1. The van der Waals surface area contributed by atoms with Gasteiger partial charge in [-0.2, -0.15) is 4.98 Å². The first kappa shape index (κ1) is 29.5. The molecular weight excluding hydrogens is 598 g/mol. The Bertz CT molecular complexity index is 1800. The second-order valence-corrected chi connectivity index (χ2v) is 12.5. The van der Waals surface area contributed by atoms with Crippen LogP contribution in [0.3, 0.4) is 0 Å². The molecule has 6 heterocycles. The van der Waals surface area contributed by atoms with Crippen molar-refractivity contribution in [2.45, 2.75) is 68.2 Å². The normalized spacial score (nSPS) is 33.3. The van der Waals surface area contributed by atoms with E-state index in [0.717, 1.165) is 10.9 Å². The molecule has 232 valence electrons. The van der Waals surface area contributed by atoms with Crippen molar-refractivity contribution in [3.05, 3.63) is 29.3 Å². The molecule has 0 saturated carbocycles. The summed E-state index contributed by atoms with van der Waals surface area (Å²) in [6.07, 6.45) is -7.68. The number of aromatic nitrogens is 8. The second-order valence-electron chi connectivity index (χ2n) is 10.5. The summed E-state index contributed by atoms with van der Waals surface area (Å²) in [6, 6.07) is 0. The van der Waals surface area contributed by atoms with Crippen LogP contribution in [0.15, 0.2) is 23.8 Å². The third-order valence-corrected chi connectivity index (χ3v) is 9.63. The molecule has 21 heteroatoms. The number of nitrogens with two attached hydrogens (primary N) is 2. The van der Waals surface area contributed by atoms with Gasteiger partial charge in [-0.15, -0.1) is 0 Å². The van der Waals surface area contributed by atoms with Gasteiger partial charge in [-0.05, 0) is 13.8 Å². The van der Waals surface area contributed by atoms with Crippen molar-refractivity contribution >= 4 is 41.7 Å². The minimum atomic E-state index is -5.09. The summed E-state index contributed by atoms with van der Waals surface area (Å²) < 4.78 is 48.8. The number of aromatic amines is 1. The van der Waals surface area contributed by atoms with Crippen molar-refractivity contribution in [2.24, 2.45) is 0 Å². The Hall–Kier alpha value is -3.62. The molecule has 4 aromatic heterocycles. The van der Waals surface area contributed by atoms with E-state index in [1.807, 2.05) is 0 Å². The number of hydrogen-bond donors (Lipinski definition) is 7. The zero-order valence-electron chi connectivity index (χ0n) is 22.5. The highest BCUT2D eigenvalue weighted by Crippen LogP contribution is 2.59. The fourth-order valence-electron chi connectivity index (χ4n) is 5.60. The lowest BCUT2D eigenvalue weighted by molar-refractivity contribution is -0.103. The molecule has 0 aliphatic carbocycles. The van der Waals surface area contributed by atoms with E-state index in [1.54, 1.807) is 0 Å². The maximum atomic E-state index is 15.6. The number of alkyl halides is 1. The van der Waals surface area contributed by atoms with Crippen molar-refractivity contribution in [3.63, 3.8) is 0 Å². The van der Waals surface area contributed by atoms with Crippen LogP contribution in [0, 0.1) is 0 Å². The number of aliphatic hydroxyl groups is 3. The number of H-pyrrole nitrogens is 1. The van der Waals surface area contributed by atoms with E-state index in [4.69, 9.17) is 25.5 Å². The predicted molar refractivity (Wildman–Crippen MR) is 143 cm³/mol. The largest absolute Gasteiger partial charge is 0.394 e. The smallest absolute Gasteiger partial charge is 0.339 e. The van der Waals surface area contributed by atoms with Gasteiger partial charge in [-0.25, -0.2) is 24.3 Å². The van der Waals surface area contributed by atoms with Crippen LogP contribution >= 0.6 is 7.60 Å². The van der Waals surface area contributed by atoms with Crippen LogP contribution in [0.25, 0.3) is 22.3 Å². The molecule has 2 aliphatic rings. The van der Waals surface area contributed by atoms with Crippen molar-refractivity contribution in [1.82, 2.24) is 39.0 Å². The first-order chi connectivity index (χ1) is 20.3. The SMILES string of the molecule is C[C@@H](OP(=O)(O)[C@@H]1[C@H](F)[C@@H](CO)O[C@H]1n1cnc2c(=O)[nH]c(N)nc21)[C@H]1O[C@@H](n2cnc3c(N)ncnc32)[C@H](O)[C@@]1(C)O. The lowest BCUT2D eigenvalue weighted by Crippen LogP contribution is -2.49. The van der Waals surface area contributed by atoms with Crippen LogP contribution in [-0.2, 0) is 18.6 Å². The van der Waals surface area contributed by atoms with E-state index in [1.165, 1.54) is 31.1 Å². The zero-order chi connectivity index (χ0) is 31.0. The molecule has 2 fully saturated rings. The predicted octanol–water partition coefficient (Wildman–Crippen LogP) is -1.68. The molecule has 2 aliphatic heterocycles. The highest BCUT2D eigenvalue weighted by Gasteiger charge is 2.60. The standard InChI is InChI=1S/C22H28FN10O9P/c1-7(14-22(2,37)13(35)20(41-14)32-5-28-10-15(24)26-4-27-16(10)32)42-43(38,39)12-9(23)8(3-34)40-19(12)33-6-29-11-17(33)30-21(25)31-18(11)36/h4-9,12-14,19-20,34-35,37H,3H2,1-2H3,(H,38,39)(H2,24,26,27)(H3,25,30,31,36)/t7-,8-,9-,12-,13+,14-,19-,20-,22-/m1/s1. The Kier molecular flexibility index (Phi) is 7.01. The molecular formula is C22H28FN10O9P. The summed E-state index contributed by atoms with van der Waals surface area (Å²) in [4.78, 5) is 45.7. The number of hydrogen-bond acceptors (Lipinski definition) is 15. The van der Waals surface area contributed by atoms with Crippen LogP contribution in [-0.4, -0.2) is 108 Å². The molecule has 9 N–H and O–H groups in total. The number of fused-ring (bicyclic) bond motifs is 2.